The van der Waals surface area contributed by atoms with Crippen LogP contribution >= 0.6 is 11.6 Å². The van der Waals surface area contributed by atoms with Crippen LogP contribution in [0.25, 0.3) is 0 Å². The summed E-state index contributed by atoms with van der Waals surface area (Å²) in [5.74, 6) is 1.17. The third kappa shape index (κ3) is 4.06. The van der Waals surface area contributed by atoms with E-state index in [0.29, 0.717) is 42.7 Å². The van der Waals surface area contributed by atoms with Crippen LogP contribution in [0.4, 0.5) is 0 Å². The Balaban J connectivity index is 1.47. The molecule has 8 nitrogen and oxygen atoms in total. The Hall–Kier alpha value is -2.45. The molecule has 1 N–H and O–H groups in total. The summed E-state index contributed by atoms with van der Waals surface area (Å²) in [4.78, 5) is 31.3. The molecule has 1 aromatic carbocycles. The van der Waals surface area contributed by atoms with Gasteiger partial charge in [0.2, 0.25) is 17.7 Å². The van der Waals surface area contributed by atoms with Crippen LogP contribution in [0.2, 0.25) is 5.02 Å². The van der Waals surface area contributed by atoms with E-state index in [0.717, 1.165) is 12.0 Å². The van der Waals surface area contributed by atoms with Crippen molar-refractivity contribution >= 4 is 23.4 Å². The van der Waals surface area contributed by atoms with Crippen molar-refractivity contribution in [3.05, 3.63) is 46.6 Å². The summed E-state index contributed by atoms with van der Waals surface area (Å²) >= 11 is 5.91. The number of aryl methyl sites for hydroxylation is 1. The van der Waals surface area contributed by atoms with Crippen LogP contribution in [0.1, 0.15) is 30.1 Å². The fourth-order valence-electron chi connectivity index (χ4n) is 4.78. The first kappa shape index (κ1) is 20.8. The Morgan fingerprint density at radius 1 is 1.37 bits per heavy atom. The molecule has 2 aliphatic rings. The first-order valence-corrected chi connectivity index (χ1v) is 10.4. The maximum Gasteiger partial charge on any atom is 0.248 e. The van der Waals surface area contributed by atoms with Crippen molar-refractivity contribution in [1.82, 2.24) is 20.4 Å². The summed E-state index contributed by atoms with van der Waals surface area (Å²) in [5, 5.41) is 7.76. The van der Waals surface area contributed by atoms with Crippen molar-refractivity contribution in [1.29, 1.82) is 0 Å². The highest BCUT2D eigenvalue weighted by Gasteiger charge is 2.58. The van der Waals surface area contributed by atoms with Gasteiger partial charge in [0.15, 0.2) is 5.82 Å². The Kier molecular flexibility index (Phi) is 5.79. The Labute approximate surface area is 179 Å². The van der Waals surface area contributed by atoms with E-state index in [1.165, 1.54) is 7.11 Å². The van der Waals surface area contributed by atoms with Crippen molar-refractivity contribution in [2.75, 3.05) is 26.8 Å². The lowest BCUT2D eigenvalue weighted by Crippen LogP contribution is -2.40. The normalized spacial score (nSPS) is 25.4. The lowest BCUT2D eigenvalue weighted by molar-refractivity contribution is -0.134. The summed E-state index contributed by atoms with van der Waals surface area (Å²) in [6.45, 7) is 2.91. The number of ether oxygens (including phenoxy) is 1. The van der Waals surface area contributed by atoms with Gasteiger partial charge in [-0.1, -0.05) is 28.9 Å². The molecule has 1 aliphatic heterocycles. The van der Waals surface area contributed by atoms with Gasteiger partial charge in [0.25, 0.3) is 0 Å². The smallest absolute Gasteiger partial charge is 0.248 e. The number of nitrogens with one attached hydrogen (secondary N) is 1. The average molecular weight is 433 g/mol. The second kappa shape index (κ2) is 8.35. The maximum absolute atomic E-state index is 12.6. The number of hydrogen-bond donors (Lipinski definition) is 1. The van der Waals surface area contributed by atoms with E-state index in [1.54, 1.807) is 24.0 Å². The van der Waals surface area contributed by atoms with Crippen LogP contribution < -0.4 is 5.32 Å². The van der Waals surface area contributed by atoms with Gasteiger partial charge in [-0.25, -0.2) is 0 Å². The van der Waals surface area contributed by atoms with E-state index >= 15 is 0 Å². The predicted molar refractivity (Wildman–Crippen MR) is 109 cm³/mol. The molecule has 2 heterocycles. The summed E-state index contributed by atoms with van der Waals surface area (Å²) in [6.07, 6.45) is 1.70. The van der Waals surface area contributed by atoms with Crippen molar-refractivity contribution in [3.8, 4) is 0 Å². The van der Waals surface area contributed by atoms with Gasteiger partial charge in [-0.3, -0.25) is 9.59 Å². The number of amides is 2. The molecule has 1 saturated carbocycles. The second-order valence-corrected chi connectivity index (χ2v) is 8.65. The summed E-state index contributed by atoms with van der Waals surface area (Å²) < 4.78 is 10.6. The minimum atomic E-state index is -0.442. The van der Waals surface area contributed by atoms with Crippen LogP contribution in [-0.2, 0) is 26.2 Å². The third-order valence-electron chi connectivity index (χ3n) is 6.09. The largest absolute Gasteiger partial charge is 0.375 e. The zero-order valence-electron chi connectivity index (χ0n) is 17.1. The lowest BCUT2D eigenvalue weighted by Gasteiger charge is -2.25. The first-order chi connectivity index (χ1) is 14.4. The SMILES string of the molecule is COCC(=O)N1CC2CC(NC(=O)Cc3ccc(Cl)cc3)CC2(c2nc(C)no2)C1. The van der Waals surface area contributed by atoms with Gasteiger partial charge in [0, 0.05) is 31.3 Å². The quantitative estimate of drug-likeness (QED) is 0.748. The summed E-state index contributed by atoms with van der Waals surface area (Å²) in [7, 11) is 1.51. The van der Waals surface area contributed by atoms with Crippen molar-refractivity contribution in [2.24, 2.45) is 5.92 Å². The number of fused-ring (bicyclic) bond motifs is 1. The molecule has 2 fully saturated rings. The summed E-state index contributed by atoms with van der Waals surface area (Å²) in [6, 6.07) is 7.26. The minimum Gasteiger partial charge on any atom is -0.375 e. The fraction of sp³-hybridized carbons (Fsp3) is 0.524. The molecule has 0 bridgehead atoms. The van der Waals surface area contributed by atoms with E-state index in [4.69, 9.17) is 20.9 Å². The molecular formula is C21H25ClN4O4. The third-order valence-corrected chi connectivity index (χ3v) is 6.34. The Morgan fingerprint density at radius 2 is 2.13 bits per heavy atom. The number of likely N-dealkylation sites (tertiary alicyclic amines) is 1. The zero-order valence-corrected chi connectivity index (χ0v) is 17.8. The number of carbonyl (C=O) groups is 2. The van der Waals surface area contributed by atoms with Crippen LogP contribution in [0, 0.1) is 12.8 Å². The molecule has 4 rings (SSSR count). The molecule has 3 atom stereocenters. The van der Waals surface area contributed by atoms with Crippen LogP contribution in [0.3, 0.4) is 0 Å². The van der Waals surface area contributed by atoms with Gasteiger partial charge in [-0.2, -0.15) is 4.98 Å². The molecule has 3 unspecified atom stereocenters. The molecule has 1 saturated heterocycles. The van der Waals surface area contributed by atoms with E-state index in [9.17, 15) is 9.59 Å². The average Bonchev–Trinajstić information content (AvgIpc) is 3.36. The maximum atomic E-state index is 12.6. The van der Waals surface area contributed by atoms with Gasteiger partial charge in [0.05, 0.1) is 11.8 Å². The van der Waals surface area contributed by atoms with Crippen molar-refractivity contribution < 1.29 is 18.8 Å². The molecule has 160 valence electrons. The standard InChI is InChI=1S/C21H25ClN4O4/c1-13-23-20(30-25-13)21-9-17(8-15(21)10-26(12-21)19(28)11-29-2)24-18(27)7-14-3-5-16(22)6-4-14/h3-6,15,17H,7-12H2,1-2H3,(H,24,27). The molecular weight excluding hydrogens is 408 g/mol. The Morgan fingerprint density at radius 3 is 2.80 bits per heavy atom. The second-order valence-electron chi connectivity index (χ2n) is 8.21. The fourth-order valence-corrected chi connectivity index (χ4v) is 4.91. The van der Waals surface area contributed by atoms with Gasteiger partial charge < -0.3 is 19.5 Å². The van der Waals surface area contributed by atoms with Crippen LogP contribution in [0.5, 0.6) is 0 Å². The molecule has 1 aliphatic carbocycles. The number of methoxy groups -OCH3 is 1. The van der Waals surface area contributed by atoms with Crippen molar-refractivity contribution in [3.63, 3.8) is 0 Å². The van der Waals surface area contributed by atoms with Gasteiger partial charge in [0.1, 0.15) is 6.61 Å². The molecule has 2 amide bonds. The van der Waals surface area contributed by atoms with E-state index in [1.807, 2.05) is 12.1 Å². The van der Waals surface area contributed by atoms with Gasteiger partial charge >= 0.3 is 0 Å². The first-order valence-electron chi connectivity index (χ1n) is 10.0. The van der Waals surface area contributed by atoms with Crippen LogP contribution in [-0.4, -0.2) is 59.7 Å². The minimum absolute atomic E-state index is 0.0123. The molecule has 0 spiro atoms. The highest BCUT2D eigenvalue weighted by atomic mass is 35.5. The van der Waals surface area contributed by atoms with E-state index < -0.39 is 5.41 Å². The topological polar surface area (TPSA) is 97.6 Å². The molecule has 9 heteroatoms. The molecule has 30 heavy (non-hydrogen) atoms. The number of carbonyl (C=O) groups excluding carboxylic acids is 2. The zero-order chi connectivity index (χ0) is 21.3. The lowest BCUT2D eigenvalue weighted by atomic mass is 9.80. The van der Waals surface area contributed by atoms with Gasteiger partial charge in [-0.05, 0) is 43.4 Å². The number of hydrogen-bond acceptors (Lipinski definition) is 6. The molecule has 0 radical (unpaired) electrons. The highest BCUT2D eigenvalue weighted by Crippen LogP contribution is 2.50. The van der Waals surface area contributed by atoms with Crippen LogP contribution in [0.15, 0.2) is 28.8 Å². The highest BCUT2D eigenvalue weighted by molar-refractivity contribution is 6.30. The number of halogens is 1. The Bertz CT molecular complexity index is 931. The predicted octanol–water partition coefficient (Wildman–Crippen LogP) is 1.90. The van der Waals surface area contributed by atoms with E-state index in [-0.39, 0.29) is 30.4 Å². The molecule has 1 aromatic heterocycles. The number of nitrogens with zero attached hydrogens (tertiary/aromatic N) is 3. The number of aromatic nitrogens is 2. The summed E-state index contributed by atoms with van der Waals surface area (Å²) in [5.41, 5.74) is 0.469. The molecule has 2 aromatic rings. The number of benzene rings is 1. The number of rotatable bonds is 6. The van der Waals surface area contributed by atoms with Gasteiger partial charge in [-0.15, -0.1) is 0 Å². The monoisotopic (exact) mass is 432 g/mol. The van der Waals surface area contributed by atoms with E-state index in [2.05, 4.69) is 15.5 Å². The van der Waals surface area contributed by atoms with Crippen molar-refractivity contribution in [2.45, 2.75) is 37.6 Å².